The van der Waals surface area contributed by atoms with Crippen LogP contribution in [-0.2, 0) is 22.7 Å². The molecule has 0 saturated heterocycles. The number of anilines is 1. The lowest BCUT2D eigenvalue weighted by Crippen LogP contribution is -2.48. The van der Waals surface area contributed by atoms with E-state index in [2.05, 4.69) is 21.7 Å². The highest BCUT2D eigenvalue weighted by Gasteiger charge is 2.29. The van der Waals surface area contributed by atoms with Crippen LogP contribution in [0.3, 0.4) is 0 Å². The van der Waals surface area contributed by atoms with Crippen molar-refractivity contribution in [1.82, 2.24) is 24.8 Å². The number of carbonyl (C=O) groups excluding carboxylic acids is 2. The van der Waals surface area contributed by atoms with Crippen molar-refractivity contribution in [3.63, 3.8) is 0 Å². The molecule has 1 aromatic carbocycles. The summed E-state index contributed by atoms with van der Waals surface area (Å²) in [6.07, 6.45) is 2.44. The predicted molar refractivity (Wildman–Crippen MR) is 147 cm³/mol. The molecule has 2 N–H and O–H groups in total. The van der Waals surface area contributed by atoms with E-state index in [0.29, 0.717) is 43.9 Å². The van der Waals surface area contributed by atoms with Crippen molar-refractivity contribution in [2.24, 2.45) is 5.92 Å². The molecule has 204 valence electrons. The number of aromatic nitrogens is 3. The van der Waals surface area contributed by atoms with E-state index in [4.69, 9.17) is 4.74 Å². The molecule has 2 bridgehead atoms. The number of thiophene rings is 1. The Hall–Kier alpha value is -3.28. The third-order valence-electron chi connectivity index (χ3n) is 6.79. The Balaban J connectivity index is 1.44. The number of hydrogen-bond acceptors (Lipinski definition) is 7. The number of benzene rings is 1. The Morgan fingerprint density at radius 3 is 2.82 bits per heavy atom. The highest BCUT2D eigenvalue weighted by Crippen LogP contribution is 2.26. The quantitative estimate of drug-likeness (QED) is 0.493. The van der Waals surface area contributed by atoms with Crippen LogP contribution >= 0.6 is 11.3 Å². The van der Waals surface area contributed by atoms with Gasteiger partial charge in [-0.15, -0.1) is 16.4 Å². The first-order valence-electron chi connectivity index (χ1n) is 12.9. The number of carbonyl (C=O) groups is 2. The van der Waals surface area contributed by atoms with E-state index >= 15 is 0 Å². The number of nitrogens with one attached hydrogen (secondary N) is 1. The summed E-state index contributed by atoms with van der Waals surface area (Å²) in [5.74, 6) is -0.127. The Labute approximate surface area is 227 Å². The number of urea groups is 1. The number of aryl methyl sites for hydroxylation is 1. The molecule has 0 radical (unpaired) electrons. The second kappa shape index (κ2) is 13.0. The lowest BCUT2D eigenvalue weighted by Gasteiger charge is -2.35. The number of rotatable bonds is 6. The van der Waals surface area contributed by atoms with Crippen LogP contribution < -0.4 is 5.32 Å². The first-order chi connectivity index (χ1) is 18.3. The number of aliphatic hydroxyl groups excluding tert-OH is 1. The van der Waals surface area contributed by atoms with E-state index in [1.807, 2.05) is 55.8 Å². The molecule has 4 rings (SSSR count). The predicted octanol–water partition coefficient (Wildman–Crippen LogP) is 3.70. The first kappa shape index (κ1) is 27.7. The molecule has 3 atom stereocenters. The van der Waals surface area contributed by atoms with Crippen LogP contribution in [0.15, 0.2) is 48.0 Å². The van der Waals surface area contributed by atoms with E-state index in [9.17, 15) is 14.7 Å². The number of hydrogen-bond donors (Lipinski definition) is 2. The third kappa shape index (κ3) is 7.18. The van der Waals surface area contributed by atoms with Gasteiger partial charge in [-0.05, 0) is 42.5 Å². The maximum absolute atomic E-state index is 13.0. The SMILES string of the molecule is C[C@@H]1CN([C@H](C)CO)C(=O)CCCn2cc(nn2)CO[C@@H]1CN(C)C(=O)Nc1ccc(-c2cccs2)cc1. The minimum atomic E-state index is -0.376. The molecule has 2 aromatic heterocycles. The number of fused-ring (bicyclic) bond motifs is 2. The average Bonchev–Trinajstić information content (AvgIpc) is 3.61. The van der Waals surface area contributed by atoms with E-state index in [0.717, 1.165) is 5.56 Å². The molecule has 0 saturated carbocycles. The molecule has 0 fully saturated rings. The number of aliphatic hydroxyl groups is 1. The zero-order chi connectivity index (χ0) is 27.1. The van der Waals surface area contributed by atoms with Crippen molar-refractivity contribution in [2.75, 3.05) is 32.1 Å². The van der Waals surface area contributed by atoms with Crippen LogP contribution in [0.1, 0.15) is 32.4 Å². The van der Waals surface area contributed by atoms with Gasteiger partial charge in [-0.2, -0.15) is 0 Å². The molecule has 11 heteroatoms. The number of nitrogens with zero attached hydrogens (tertiary/aromatic N) is 5. The molecule has 1 aliphatic heterocycles. The molecule has 0 spiro atoms. The standard InChI is InChI=1S/C27H36N6O4S/c1-19-14-33(20(2)17-34)26(35)7-4-12-32-15-23(29-30-32)18-37-24(19)16-31(3)27(36)28-22-10-8-21(9-11-22)25-6-5-13-38-25/h5-6,8-11,13,15,19-20,24,34H,4,7,12,14,16-18H2,1-3H3,(H,28,36)/t19-,20-,24-/m1/s1. The van der Waals surface area contributed by atoms with Gasteiger partial charge in [0.15, 0.2) is 0 Å². The highest BCUT2D eigenvalue weighted by atomic mass is 32.1. The van der Waals surface area contributed by atoms with Gasteiger partial charge >= 0.3 is 6.03 Å². The van der Waals surface area contributed by atoms with Gasteiger partial charge < -0.3 is 25.0 Å². The van der Waals surface area contributed by atoms with Crippen molar-refractivity contribution in [3.05, 3.63) is 53.7 Å². The Kier molecular flexibility index (Phi) is 9.48. The largest absolute Gasteiger partial charge is 0.394 e. The summed E-state index contributed by atoms with van der Waals surface area (Å²) in [6.45, 7) is 5.27. The number of ether oxygens (including phenoxy) is 1. The van der Waals surface area contributed by atoms with Gasteiger partial charge in [0.1, 0.15) is 5.69 Å². The van der Waals surface area contributed by atoms with Crippen molar-refractivity contribution in [2.45, 2.75) is 52.0 Å². The van der Waals surface area contributed by atoms with Gasteiger partial charge in [-0.3, -0.25) is 9.48 Å². The summed E-state index contributed by atoms with van der Waals surface area (Å²) >= 11 is 1.67. The summed E-state index contributed by atoms with van der Waals surface area (Å²) in [5, 5.41) is 23.1. The van der Waals surface area contributed by atoms with Crippen LogP contribution in [0.5, 0.6) is 0 Å². The highest BCUT2D eigenvalue weighted by molar-refractivity contribution is 7.13. The summed E-state index contributed by atoms with van der Waals surface area (Å²) in [4.78, 5) is 30.5. The van der Waals surface area contributed by atoms with Crippen molar-refractivity contribution in [3.8, 4) is 10.4 Å². The Morgan fingerprint density at radius 1 is 1.32 bits per heavy atom. The lowest BCUT2D eigenvalue weighted by atomic mass is 10.0. The summed E-state index contributed by atoms with van der Waals surface area (Å²) in [6, 6.07) is 11.3. The molecule has 1 aliphatic rings. The van der Waals surface area contributed by atoms with Gasteiger partial charge in [0.25, 0.3) is 0 Å². The molecule has 3 amide bonds. The summed E-state index contributed by atoms with van der Waals surface area (Å²) in [5.41, 5.74) is 2.51. The van der Waals surface area contributed by atoms with Crippen LogP contribution in [0.4, 0.5) is 10.5 Å². The zero-order valence-corrected chi connectivity index (χ0v) is 22.9. The third-order valence-corrected chi connectivity index (χ3v) is 7.71. The summed E-state index contributed by atoms with van der Waals surface area (Å²) in [7, 11) is 1.72. The monoisotopic (exact) mass is 540 g/mol. The van der Waals surface area contributed by atoms with Crippen molar-refractivity contribution < 1.29 is 19.4 Å². The van der Waals surface area contributed by atoms with E-state index in [-0.39, 0.29) is 43.2 Å². The molecular weight excluding hydrogens is 504 g/mol. The minimum Gasteiger partial charge on any atom is -0.394 e. The second-order valence-corrected chi connectivity index (χ2v) is 10.8. The molecule has 3 heterocycles. The average molecular weight is 541 g/mol. The lowest BCUT2D eigenvalue weighted by molar-refractivity contribution is -0.136. The number of amides is 3. The van der Waals surface area contributed by atoms with Crippen LogP contribution in [0.2, 0.25) is 0 Å². The molecule has 0 aliphatic carbocycles. The van der Waals surface area contributed by atoms with Gasteiger partial charge in [0.05, 0.1) is 31.6 Å². The summed E-state index contributed by atoms with van der Waals surface area (Å²) < 4.78 is 7.97. The van der Waals surface area contributed by atoms with Crippen molar-refractivity contribution >= 4 is 29.0 Å². The Morgan fingerprint density at radius 2 is 2.11 bits per heavy atom. The van der Waals surface area contributed by atoms with Gasteiger partial charge in [-0.1, -0.05) is 30.3 Å². The fourth-order valence-corrected chi connectivity index (χ4v) is 5.16. The van der Waals surface area contributed by atoms with Crippen LogP contribution in [0.25, 0.3) is 10.4 Å². The fraction of sp³-hybridized carbons (Fsp3) is 0.481. The molecule has 3 aromatic rings. The second-order valence-electron chi connectivity index (χ2n) is 9.85. The van der Waals surface area contributed by atoms with Crippen LogP contribution in [-0.4, -0.2) is 80.7 Å². The van der Waals surface area contributed by atoms with E-state index in [1.165, 1.54) is 4.88 Å². The minimum absolute atomic E-state index is 0.0196. The topological polar surface area (TPSA) is 113 Å². The first-order valence-corrected chi connectivity index (χ1v) is 13.8. The van der Waals surface area contributed by atoms with Crippen LogP contribution in [0, 0.1) is 5.92 Å². The Bertz CT molecular complexity index is 1180. The maximum atomic E-state index is 13.0. The van der Waals surface area contributed by atoms with Crippen molar-refractivity contribution in [1.29, 1.82) is 0 Å². The van der Waals surface area contributed by atoms with Gasteiger partial charge in [0.2, 0.25) is 5.91 Å². The van der Waals surface area contributed by atoms with Gasteiger partial charge in [-0.25, -0.2) is 4.79 Å². The molecular formula is C27H36N6O4S. The maximum Gasteiger partial charge on any atom is 0.321 e. The zero-order valence-electron chi connectivity index (χ0n) is 22.1. The fourth-order valence-electron chi connectivity index (χ4n) is 4.43. The van der Waals surface area contributed by atoms with Gasteiger partial charge in [0, 0.05) is 49.6 Å². The molecule has 10 nitrogen and oxygen atoms in total. The number of likely N-dealkylation sites (N-methyl/N-ethyl adjacent to an activating group) is 1. The normalized spacial score (nSPS) is 19.7. The van der Waals surface area contributed by atoms with E-state index < -0.39 is 0 Å². The molecule has 0 unspecified atom stereocenters. The molecule has 38 heavy (non-hydrogen) atoms. The van der Waals surface area contributed by atoms with E-state index in [1.54, 1.807) is 32.9 Å². The smallest absolute Gasteiger partial charge is 0.321 e.